The number of guanidine groups is 1. The second kappa shape index (κ2) is 12.5. The van der Waals surface area contributed by atoms with Crippen molar-refractivity contribution in [2.75, 3.05) is 33.8 Å². The standard InChI is InChI=1S/C24H31N7O.HI/c1-25-24(28-16-19-9-10-23(27-15-19)31-14-11-26-18-31)29-17-21(30-12-5-6-13-30)20-7-3-4-8-22(20)32-2;/h3-4,7-11,14-15,18,21H,5-6,12-13,16-17H2,1-2H3,(H2,25,28,29);1H. The van der Waals surface area contributed by atoms with Gasteiger partial charge in [0.05, 0.1) is 13.2 Å². The van der Waals surface area contributed by atoms with Gasteiger partial charge in [-0.05, 0) is 43.6 Å². The van der Waals surface area contributed by atoms with Crippen molar-refractivity contribution >= 4 is 29.9 Å². The van der Waals surface area contributed by atoms with E-state index in [1.165, 1.54) is 18.4 Å². The first kappa shape index (κ1) is 25.0. The van der Waals surface area contributed by atoms with Crippen molar-refractivity contribution in [2.45, 2.75) is 25.4 Å². The second-order valence-electron chi connectivity index (χ2n) is 7.80. The smallest absolute Gasteiger partial charge is 0.191 e. The Morgan fingerprint density at radius 3 is 2.64 bits per heavy atom. The SMILES string of the molecule is CN=C(NCc1ccc(-n2ccnc2)nc1)NCC(c1ccccc1OC)N1CCCC1.I. The Morgan fingerprint density at radius 2 is 1.97 bits per heavy atom. The average molecular weight is 561 g/mol. The first-order valence-electron chi connectivity index (χ1n) is 11.0. The van der Waals surface area contributed by atoms with E-state index in [0.29, 0.717) is 6.54 Å². The summed E-state index contributed by atoms with van der Waals surface area (Å²) in [5.41, 5.74) is 2.29. The van der Waals surface area contributed by atoms with E-state index in [0.717, 1.165) is 42.7 Å². The zero-order chi connectivity index (χ0) is 22.2. The summed E-state index contributed by atoms with van der Waals surface area (Å²) in [5, 5.41) is 6.91. The fourth-order valence-electron chi connectivity index (χ4n) is 4.10. The molecule has 1 aromatic carbocycles. The number of aliphatic imine (C=N–C) groups is 1. The Bertz CT molecular complexity index is 1000. The van der Waals surface area contributed by atoms with Gasteiger partial charge in [0.15, 0.2) is 5.96 Å². The molecule has 3 heterocycles. The summed E-state index contributed by atoms with van der Waals surface area (Å²) < 4.78 is 7.53. The Hall–Kier alpha value is -2.66. The maximum absolute atomic E-state index is 5.65. The number of rotatable bonds is 8. The van der Waals surface area contributed by atoms with E-state index in [1.54, 1.807) is 26.7 Å². The first-order valence-corrected chi connectivity index (χ1v) is 11.0. The number of pyridine rings is 1. The summed E-state index contributed by atoms with van der Waals surface area (Å²) in [6.45, 7) is 3.59. The fraction of sp³-hybridized carbons (Fsp3) is 0.375. The lowest BCUT2D eigenvalue weighted by atomic mass is 10.0. The molecule has 2 aromatic heterocycles. The van der Waals surface area contributed by atoms with Crippen LogP contribution in [0.15, 0.2) is 66.3 Å². The zero-order valence-corrected chi connectivity index (χ0v) is 21.5. The second-order valence-corrected chi connectivity index (χ2v) is 7.80. The summed E-state index contributed by atoms with van der Waals surface area (Å²) in [7, 11) is 3.53. The summed E-state index contributed by atoms with van der Waals surface area (Å²) in [4.78, 5) is 15.5. The molecule has 1 fully saturated rings. The Kier molecular flexibility index (Phi) is 9.49. The molecule has 0 saturated carbocycles. The number of halogens is 1. The number of benzene rings is 1. The van der Waals surface area contributed by atoms with Gasteiger partial charge in [-0.2, -0.15) is 0 Å². The topological polar surface area (TPSA) is 79.6 Å². The highest BCUT2D eigenvalue weighted by atomic mass is 127. The van der Waals surface area contributed by atoms with E-state index in [4.69, 9.17) is 4.74 Å². The number of hydrogen-bond donors (Lipinski definition) is 2. The number of nitrogens with zero attached hydrogens (tertiary/aromatic N) is 5. The highest BCUT2D eigenvalue weighted by molar-refractivity contribution is 14.0. The Labute approximate surface area is 212 Å². The van der Waals surface area contributed by atoms with Gasteiger partial charge >= 0.3 is 0 Å². The molecule has 0 aliphatic carbocycles. The molecular weight excluding hydrogens is 529 g/mol. The van der Waals surface area contributed by atoms with Crippen LogP contribution in [-0.4, -0.2) is 59.2 Å². The number of methoxy groups -OCH3 is 1. The maximum atomic E-state index is 5.65. The molecule has 33 heavy (non-hydrogen) atoms. The molecule has 3 aromatic rings. The molecule has 2 N–H and O–H groups in total. The predicted octanol–water partition coefficient (Wildman–Crippen LogP) is 3.40. The molecule has 4 rings (SSSR count). The van der Waals surface area contributed by atoms with Crippen LogP contribution in [0.5, 0.6) is 5.75 Å². The molecule has 1 saturated heterocycles. The third kappa shape index (κ3) is 6.44. The van der Waals surface area contributed by atoms with Crippen LogP contribution in [0, 0.1) is 0 Å². The van der Waals surface area contributed by atoms with Crippen LogP contribution in [0.25, 0.3) is 5.82 Å². The molecule has 0 spiro atoms. The van der Waals surface area contributed by atoms with Gasteiger partial charge in [-0.15, -0.1) is 24.0 Å². The highest BCUT2D eigenvalue weighted by Crippen LogP contribution is 2.31. The van der Waals surface area contributed by atoms with Crippen molar-refractivity contribution in [3.63, 3.8) is 0 Å². The van der Waals surface area contributed by atoms with Gasteiger partial charge in [-0.25, -0.2) is 9.97 Å². The third-order valence-electron chi connectivity index (χ3n) is 5.80. The molecule has 1 aliphatic rings. The summed E-state index contributed by atoms with van der Waals surface area (Å²) in [6, 6.07) is 12.6. The number of likely N-dealkylation sites (tertiary alicyclic amines) is 1. The van der Waals surface area contributed by atoms with E-state index in [1.807, 2.05) is 35.2 Å². The molecule has 0 radical (unpaired) electrons. The summed E-state index contributed by atoms with van der Waals surface area (Å²) >= 11 is 0. The molecule has 1 unspecified atom stereocenters. The number of aromatic nitrogens is 3. The van der Waals surface area contributed by atoms with Crippen LogP contribution in [-0.2, 0) is 6.54 Å². The minimum atomic E-state index is 0. The minimum absolute atomic E-state index is 0. The normalized spacial score (nSPS) is 15.0. The number of imidazole rings is 1. The van der Waals surface area contributed by atoms with Crippen LogP contribution in [0.4, 0.5) is 0 Å². The van der Waals surface area contributed by atoms with E-state index >= 15 is 0 Å². The summed E-state index contributed by atoms with van der Waals surface area (Å²) in [5.74, 6) is 2.54. The van der Waals surface area contributed by atoms with Crippen LogP contribution < -0.4 is 15.4 Å². The van der Waals surface area contributed by atoms with E-state index < -0.39 is 0 Å². The van der Waals surface area contributed by atoms with Gasteiger partial charge < -0.3 is 15.4 Å². The van der Waals surface area contributed by atoms with Crippen molar-refractivity contribution < 1.29 is 4.74 Å². The van der Waals surface area contributed by atoms with E-state index in [9.17, 15) is 0 Å². The molecule has 8 nitrogen and oxygen atoms in total. The van der Waals surface area contributed by atoms with Gasteiger partial charge in [0.1, 0.15) is 17.9 Å². The fourth-order valence-corrected chi connectivity index (χ4v) is 4.10. The largest absolute Gasteiger partial charge is 0.496 e. The molecule has 176 valence electrons. The van der Waals surface area contributed by atoms with Crippen LogP contribution >= 0.6 is 24.0 Å². The Morgan fingerprint density at radius 1 is 1.15 bits per heavy atom. The molecular formula is C24H32IN7O. The van der Waals surface area contributed by atoms with Crippen LogP contribution in [0.2, 0.25) is 0 Å². The van der Waals surface area contributed by atoms with Crippen LogP contribution in [0.1, 0.15) is 30.0 Å². The average Bonchev–Trinajstić information content (AvgIpc) is 3.57. The highest BCUT2D eigenvalue weighted by Gasteiger charge is 2.26. The third-order valence-corrected chi connectivity index (χ3v) is 5.80. The molecule has 9 heteroatoms. The van der Waals surface area contributed by atoms with Crippen molar-refractivity contribution in [3.8, 4) is 11.6 Å². The Balaban J connectivity index is 0.00000306. The lowest BCUT2D eigenvalue weighted by Gasteiger charge is -2.30. The molecule has 0 amide bonds. The monoisotopic (exact) mass is 561 g/mol. The van der Waals surface area contributed by atoms with Gasteiger partial charge in [-0.3, -0.25) is 14.5 Å². The predicted molar refractivity (Wildman–Crippen MR) is 142 cm³/mol. The lowest BCUT2D eigenvalue weighted by molar-refractivity contribution is 0.239. The number of para-hydroxylation sites is 1. The molecule has 1 aliphatic heterocycles. The van der Waals surface area contributed by atoms with Gasteiger partial charge in [0.25, 0.3) is 0 Å². The zero-order valence-electron chi connectivity index (χ0n) is 19.1. The molecule has 1 atom stereocenters. The van der Waals surface area contributed by atoms with Gasteiger partial charge in [0, 0.05) is 44.3 Å². The van der Waals surface area contributed by atoms with Crippen molar-refractivity contribution in [2.24, 2.45) is 4.99 Å². The number of ether oxygens (including phenoxy) is 1. The number of nitrogens with one attached hydrogen (secondary N) is 2. The van der Waals surface area contributed by atoms with Crippen molar-refractivity contribution in [1.82, 2.24) is 30.1 Å². The van der Waals surface area contributed by atoms with Crippen molar-refractivity contribution in [1.29, 1.82) is 0 Å². The summed E-state index contributed by atoms with van der Waals surface area (Å²) in [6.07, 6.45) is 9.71. The van der Waals surface area contributed by atoms with Crippen LogP contribution in [0.3, 0.4) is 0 Å². The van der Waals surface area contributed by atoms with E-state index in [-0.39, 0.29) is 30.0 Å². The quantitative estimate of drug-likeness (QED) is 0.250. The maximum Gasteiger partial charge on any atom is 0.191 e. The number of hydrogen-bond acceptors (Lipinski definition) is 5. The van der Waals surface area contributed by atoms with Crippen molar-refractivity contribution in [3.05, 3.63) is 72.4 Å². The lowest BCUT2D eigenvalue weighted by Crippen LogP contribution is -2.42. The van der Waals surface area contributed by atoms with E-state index in [2.05, 4.69) is 48.7 Å². The van der Waals surface area contributed by atoms with Gasteiger partial charge in [0.2, 0.25) is 0 Å². The minimum Gasteiger partial charge on any atom is -0.496 e. The van der Waals surface area contributed by atoms with Gasteiger partial charge in [-0.1, -0.05) is 24.3 Å². The first-order chi connectivity index (χ1) is 15.8. The molecule has 0 bridgehead atoms.